The first-order chi connectivity index (χ1) is 9.42. The molecule has 19 heavy (non-hydrogen) atoms. The van der Waals surface area contributed by atoms with Gasteiger partial charge in [-0.05, 0) is 18.2 Å². The number of pyridine rings is 1. The molecule has 5 rings (SSSR count). The van der Waals surface area contributed by atoms with Crippen molar-refractivity contribution in [3.63, 3.8) is 0 Å². The van der Waals surface area contributed by atoms with E-state index in [4.69, 9.17) is 0 Å². The summed E-state index contributed by atoms with van der Waals surface area (Å²) in [5.41, 5.74) is 5.24. The second-order valence-corrected chi connectivity index (χ2v) is 5.90. The van der Waals surface area contributed by atoms with Crippen LogP contribution < -0.4 is 4.57 Å². The third-order valence-corrected chi connectivity index (χ3v) is 4.95. The number of nitrogens with zero attached hydrogens (tertiary/aromatic N) is 3. The molecule has 0 saturated heterocycles. The Kier molecular flexibility index (Phi) is 1.64. The molecule has 3 aromatic heterocycles. The van der Waals surface area contributed by atoms with E-state index in [1.165, 1.54) is 31.9 Å². The van der Waals surface area contributed by atoms with Gasteiger partial charge in [0.1, 0.15) is 6.54 Å². The van der Waals surface area contributed by atoms with Gasteiger partial charge in [-0.25, -0.2) is 4.57 Å². The van der Waals surface area contributed by atoms with Crippen LogP contribution in [0.2, 0.25) is 0 Å². The molecule has 0 amide bonds. The Morgan fingerprint density at radius 2 is 2.16 bits per heavy atom. The third kappa shape index (κ3) is 1.12. The zero-order valence-electron chi connectivity index (χ0n) is 10.1. The quantitative estimate of drug-likeness (QED) is 0.394. The topological polar surface area (TPSA) is 21.2 Å². The fourth-order valence-electron chi connectivity index (χ4n) is 2.95. The summed E-state index contributed by atoms with van der Waals surface area (Å²) in [5, 5.41) is 0. The minimum atomic E-state index is 0.954. The normalized spacial score (nSPS) is 13.1. The Morgan fingerprint density at radius 3 is 3.16 bits per heavy atom. The largest absolute Gasteiger partial charge is 0.264 e. The molecule has 1 aliphatic heterocycles. The predicted molar refractivity (Wildman–Crippen MR) is 75.3 cm³/mol. The van der Waals surface area contributed by atoms with Gasteiger partial charge in [0.05, 0.1) is 10.3 Å². The average molecular weight is 264 g/mol. The molecule has 0 radical (unpaired) electrons. The van der Waals surface area contributed by atoms with Gasteiger partial charge >= 0.3 is 0 Å². The molecule has 4 heterocycles. The summed E-state index contributed by atoms with van der Waals surface area (Å²) in [6, 6.07) is 10.7. The first-order valence-corrected chi connectivity index (χ1v) is 7.09. The van der Waals surface area contributed by atoms with Crippen LogP contribution in [-0.2, 0) is 6.54 Å². The first-order valence-electron chi connectivity index (χ1n) is 6.27. The number of para-hydroxylation sites is 1. The molecular formula is C15H10N3S+. The van der Waals surface area contributed by atoms with Gasteiger partial charge in [-0.15, -0.1) is 0 Å². The van der Waals surface area contributed by atoms with Gasteiger partial charge in [0.2, 0.25) is 4.83 Å². The van der Waals surface area contributed by atoms with Crippen LogP contribution in [0, 0.1) is 0 Å². The van der Waals surface area contributed by atoms with Crippen LogP contribution in [0.5, 0.6) is 0 Å². The van der Waals surface area contributed by atoms with Crippen LogP contribution in [0.25, 0.3) is 26.3 Å². The molecule has 0 aliphatic carbocycles. The Balaban J connectivity index is 1.97. The lowest BCUT2D eigenvalue weighted by atomic mass is 10.1. The van der Waals surface area contributed by atoms with Crippen LogP contribution in [0.4, 0.5) is 0 Å². The molecule has 0 atom stereocenters. The zero-order chi connectivity index (χ0) is 12.4. The van der Waals surface area contributed by atoms with Crippen molar-refractivity contribution < 1.29 is 4.57 Å². The van der Waals surface area contributed by atoms with Crippen LogP contribution in [-0.4, -0.2) is 9.38 Å². The third-order valence-electron chi connectivity index (χ3n) is 3.80. The molecule has 0 fully saturated rings. The van der Waals surface area contributed by atoms with Gasteiger partial charge in [0.15, 0.2) is 11.2 Å². The number of rotatable bonds is 0. The van der Waals surface area contributed by atoms with E-state index in [9.17, 15) is 0 Å². The second kappa shape index (κ2) is 3.22. The summed E-state index contributed by atoms with van der Waals surface area (Å²) >= 11 is 1.85. The van der Waals surface area contributed by atoms with E-state index in [1.54, 1.807) is 0 Å². The van der Waals surface area contributed by atoms with Gasteiger partial charge in [0.25, 0.3) is 6.33 Å². The number of fused-ring (bicyclic) bond motifs is 7. The molecule has 3 nitrogen and oxygen atoms in total. The maximum atomic E-state index is 4.28. The molecule has 1 aromatic carbocycles. The number of hydrogen-bond donors (Lipinski definition) is 0. The SMILES string of the molecule is c1ccc2c(c1)sc1c3[n+](cn12)Cc1ccncc1-3. The van der Waals surface area contributed by atoms with Gasteiger partial charge in [-0.2, -0.15) is 4.40 Å². The minimum absolute atomic E-state index is 0.954. The summed E-state index contributed by atoms with van der Waals surface area (Å²) in [4.78, 5) is 5.59. The Hall–Kier alpha value is -2.20. The number of imidazole rings is 1. The lowest BCUT2D eigenvalue weighted by Crippen LogP contribution is -2.29. The van der Waals surface area contributed by atoms with E-state index in [-0.39, 0.29) is 0 Å². The Morgan fingerprint density at radius 1 is 1.21 bits per heavy atom. The van der Waals surface area contributed by atoms with Crippen LogP contribution in [0.15, 0.2) is 49.1 Å². The number of benzene rings is 1. The second-order valence-electron chi connectivity index (χ2n) is 4.87. The van der Waals surface area contributed by atoms with Gasteiger partial charge in [-0.3, -0.25) is 4.98 Å². The van der Waals surface area contributed by atoms with Crippen molar-refractivity contribution in [2.24, 2.45) is 0 Å². The molecule has 4 heteroatoms. The number of thiazole rings is 1. The van der Waals surface area contributed by atoms with Crippen molar-refractivity contribution in [2.75, 3.05) is 0 Å². The van der Waals surface area contributed by atoms with Crippen molar-refractivity contribution >= 4 is 26.4 Å². The molecule has 0 bridgehead atoms. The molecular weight excluding hydrogens is 254 g/mol. The van der Waals surface area contributed by atoms with Crippen LogP contribution >= 0.6 is 11.3 Å². The predicted octanol–water partition coefficient (Wildman–Crippen LogP) is 2.87. The number of aromatic nitrogens is 3. The summed E-state index contributed by atoms with van der Waals surface area (Å²) in [6.45, 7) is 0.954. The maximum absolute atomic E-state index is 4.28. The van der Waals surface area contributed by atoms with Crippen molar-refractivity contribution in [3.8, 4) is 11.3 Å². The van der Waals surface area contributed by atoms with Crippen molar-refractivity contribution in [1.82, 2.24) is 9.38 Å². The maximum Gasteiger partial charge on any atom is 0.251 e. The fourth-order valence-corrected chi connectivity index (χ4v) is 4.14. The molecule has 0 N–H and O–H groups in total. The van der Waals surface area contributed by atoms with Crippen molar-refractivity contribution in [2.45, 2.75) is 6.54 Å². The van der Waals surface area contributed by atoms with E-state index >= 15 is 0 Å². The van der Waals surface area contributed by atoms with Crippen molar-refractivity contribution in [3.05, 3.63) is 54.6 Å². The summed E-state index contributed by atoms with van der Waals surface area (Å²) in [5.74, 6) is 0. The fraction of sp³-hybridized carbons (Fsp3) is 0.0667. The molecule has 90 valence electrons. The smallest absolute Gasteiger partial charge is 0.251 e. The highest BCUT2D eigenvalue weighted by Crippen LogP contribution is 2.36. The molecule has 0 saturated carbocycles. The molecule has 0 spiro atoms. The Bertz CT molecular complexity index is 949. The number of hydrogen-bond acceptors (Lipinski definition) is 2. The zero-order valence-corrected chi connectivity index (χ0v) is 10.9. The minimum Gasteiger partial charge on any atom is -0.264 e. The monoisotopic (exact) mass is 264 g/mol. The van der Waals surface area contributed by atoms with Gasteiger partial charge < -0.3 is 0 Å². The first kappa shape index (κ1) is 9.69. The summed E-state index contributed by atoms with van der Waals surface area (Å²) < 4.78 is 5.95. The standard InChI is InChI=1S/C15H10N3S/c1-2-4-13-12(3-1)18-9-17-8-10-5-6-16-7-11(10)14(17)15(18)19-13/h1-7,9H,8H2/q+1. The lowest BCUT2D eigenvalue weighted by molar-refractivity contribution is -0.671. The highest BCUT2D eigenvalue weighted by atomic mass is 32.1. The van der Waals surface area contributed by atoms with Gasteiger partial charge in [-0.1, -0.05) is 23.5 Å². The lowest BCUT2D eigenvalue weighted by Gasteiger charge is -1.91. The van der Waals surface area contributed by atoms with E-state index in [0.29, 0.717) is 0 Å². The van der Waals surface area contributed by atoms with Crippen LogP contribution in [0.1, 0.15) is 5.56 Å². The molecule has 0 unspecified atom stereocenters. The van der Waals surface area contributed by atoms with E-state index in [2.05, 4.69) is 50.6 Å². The van der Waals surface area contributed by atoms with Crippen LogP contribution in [0.3, 0.4) is 0 Å². The van der Waals surface area contributed by atoms with E-state index in [1.807, 2.05) is 23.7 Å². The Labute approximate surface area is 113 Å². The van der Waals surface area contributed by atoms with Crippen molar-refractivity contribution in [1.29, 1.82) is 0 Å². The van der Waals surface area contributed by atoms with E-state index in [0.717, 1.165) is 6.54 Å². The highest BCUT2D eigenvalue weighted by Gasteiger charge is 2.30. The highest BCUT2D eigenvalue weighted by molar-refractivity contribution is 7.24. The summed E-state index contributed by atoms with van der Waals surface area (Å²) in [7, 11) is 0. The summed E-state index contributed by atoms with van der Waals surface area (Å²) in [6.07, 6.45) is 6.07. The average Bonchev–Trinajstić information content (AvgIpc) is 3.05. The van der Waals surface area contributed by atoms with E-state index < -0.39 is 0 Å². The van der Waals surface area contributed by atoms with Gasteiger partial charge in [0, 0.05) is 18.0 Å². The molecule has 4 aromatic rings. The molecule has 1 aliphatic rings.